The molecule has 2 heteroatoms. The van der Waals surface area contributed by atoms with Gasteiger partial charge in [-0.25, -0.2) is 0 Å². The zero-order chi connectivity index (χ0) is 14.7. The minimum Gasteiger partial charge on any atom is -0.354 e. The van der Waals surface area contributed by atoms with Gasteiger partial charge in [-0.1, -0.05) is 42.5 Å². The van der Waals surface area contributed by atoms with Gasteiger partial charge in [0, 0.05) is 37.9 Å². The third-order valence-electron chi connectivity index (χ3n) is 4.17. The fraction of sp³-hybridized carbons (Fsp3) is 0.263. The van der Waals surface area contributed by atoms with Crippen molar-refractivity contribution in [2.45, 2.75) is 19.4 Å². The van der Waals surface area contributed by atoms with Crippen molar-refractivity contribution in [3.63, 3.8) is 0 Å². The molecule has 2 aromatic carbocycles. The number of nitrogens with one attached hydrogen (secondary N) is 1. The average Bonchev–Trinajstić information content (AvgIpc) is 2.92. The van der Waals surface area contributed by atoms with Crippen LogP contribution in [0.1, 0.15) is 24.2 Å². The molecule has 1 aromatic heterocycles. The summed E-state index contributed by atoms with van der Waals surface area (Å²) in [6.45, 7) is 3.23. The van der Waals surface area contributed by atoms with E-state index < -0.39 is 0 Å². The molecule has 3 aromatic rings. The van der Waals surface area contributed by atoms with Crippen LogP contribution < -0.4 is 5.32 Å². The highest BCUT2D eigenvalue weighted by Crippen LogP contribution is 2.23. The van der Waals surface area contributed by atoms with Crippen LogP contribution in [0.15, 0.2) is 60.8 Å². The zero-order valence-electron chi connectivity index (χ0n) is 12.7. The van der Waals surface area contributed by atoms with Crippen LogP contribution in [0.3, 0.4) is 0 Å². The number of rotatable bonds is 5. The third kappa shape index (κ3) is 3.01. The van der Waals surface area contributed by atoms with Gasteiger partial charge >= 0.3 is 0 Å². The summed E-state index contributed by atoms with van der Waals surface area (Å²) < 4.78 is 2.18. The number of aryl methyl sites for hydroxylation is 1. The van der Waals surface area contributed by atoms with E-state index in [2.05, 4.69) is 84.6 Å². The first-order valence-corrected chi connectivity index (χ1v) is 7.57. The maximum atomic E-state index is 3.64. The Labute approximate surface area is 126 Å². The molecule has 1 unspecified atom stereocenters. The summed E-state index contributed by atoms with van der Waals surface area (Å²) in [5, 5.41) is 6.30. The maximum absolute atomic E-state index is 3.64. The molecule has 0 aliphatic heterocycles. The standard InChI is InChI=1S/C19H22N2/c1-15(20-13-12-17-9-6-14-21(17)2)18-11-5-8-16-7-3-4-10-19(16)18/h3-11,14-15,20H,12-13H2,1-2H3. The van der Waals surface area contributed by atoms with Crippen LogP contribution in [-0.2, 0) is 13.5 Å². The lowest BCUT2D eigenvalue weighted by molar-refractivity contribution is 0.572. The molecule has 0 spiro atoms. The molecular formula is C19H22N2. The summed E-state index contributed by atoms with van der Waals surface area (Å²) >= 11 is 0. The van der Waals surface area contributed by atoms with Crippen LogP contribution in [0.2, 0.25) is 0 Å². The van der Waals surface area contributed by atoms with Gasteiger partial charge in [0.2, 0.25) is 0 Å². The Hall–Kier alpha value is -2.06. The van der Waals surface area contributed by atoms with E-state index >= 15 is 0 Å². The smallest absolute Gasteiger partial charge is 0.0298 e. The van der Waals surface area contributed by atoms with E-state index in [1.165, 1.54) is 22.0 Å². The van der Waals surface area contributed by atoms with E-state index in [1.54, 1.807) is 0 Å². The number of hydrogen-bond donors (Lipinski definition) is 1. The first kappa shape index (κ1) is 13.9. The summed E-state index contributed by atoms with van der Waals surface area (Å²) in [7, 11) is 2.10. The molecule has 0 saturated carbocycles. The van der Waals surface area contributed by atoms with E-state index in [0.29, 0.717) is 6.04 Å². The second-order valence-electron chi connectivity index (χ2n) is 5.60. The molecular weight excluding hydrogens is 256 g/mol. The molecule has 1 heterocycles. The monoisotopic (exact) mass is 278 g/mol. The molecule has 108 valence electrons. The van der Waals surface area contributed by atoms with Gasteiger partial charge in [0.05, 0.1) is 0 Å². The van der Waals surface area contributed by atoms with Gasteiger partial charge in [-0.05, 0) is 35.4 Å². The molecule has 2 nitrogen and oxygen atoms in total. The van der Waals surface area contributed by atoms with Gasteiger partial charge < -0.3 is 9.88 Å². The summed E-state index contributed by atoms with van der Waals surface area (Å²) in [6, 6.07) is 19.8. The van der Waals surface area contributed by atoms with Gasteiger partial charge in [0.1, 0.15) is 0 Å². The van der Waals surface area contributed by atoms with E-state index in [-0.39, 0.29) is 0 Å². The van der Waals surface area contributed by atoms with Crippen LogP contribution in [0.5, 0.6) is 0 Å². The van der Waals surface area contributed by atoms with Crippen molar-refractivity contribution in [1.82, 2.24) is 9.88 Å². The quantitative estimate of drug-likeness (QED) is 0.744. The van der Waals surface area contributed by atoms with Crippen molar-refractivity contribution in [3.8, 4) is 0 Å². The Kier molecular flexibility index (Phi) is 4.07. The Morgan fingerprint density at radius 1 is 1.00 bits per heavy atom. The number of benzene rings is 2. The summed E-state index contributed by atoms with van der Waals surface area (Å²) in [5.74, 6) is 0. The van der Waals surface area contributed by atoms with Crippen LogP contribution >= 0.6 is 0 Å². The first-order valence-electron chi connectivity index (χ1n) is 7.57. The van der Waals surface area contributed by atoms with Crippen LogP contribution in [0.25, 0.3) is 10.8 Å². The fourth-order valence-electron chi connectivity index (χ4n) is 2.91. The molecule has 21 heavy (non-hydrogen) atoms. The van der Waals surface area contributed by atoms with Crippen molar-refractivity contribution in [2.75, 3.05) is 6.54 Å². The van der Waals surface area contributed by atoms with E-state index in [1.807, 2.05) is 0 Å². The van der Waals surface area contributed by atoms with Gasteiger partial charge in [0.15, 0.2) is 0 Å². The van der Waals surface area contributed by atoms with Gasteiger partial charge in [-0.3, -0.25) is 0 Å². The average molecular weight is 278 g/mol. The Balaban J connectivity index is 1.69. The highest BCUT2D eigenvalue weighted by Gasteiger charge is 2.08. The lowest BCUT2D eigenvalue weighted by atomic mass is 9.99. The predicted molar refractivity (Wildman–Crippen MR) is 89.5 cm³/mol. The first-order chi connectivity index (χ1) is 10.3. The number of fused-ring (bicyclic) bond motifs is 1. The molecule has 0 amide bonds. The normalized spacial score (nSPS) is 12.7. The Bertz CT molecular complexity index is 722. The highest BCUT2D eigenvalue weighted by atomic mass is 14.9. The van der Waals surface area contributed by atoms with Crippen molar-refractivity contribution in [1.29, 1.82) is 0 Å². The predicted octanol–water partition coefficient (Wildman–Crippen LogP) is 4.07. The molecule has 0 fully saturated rings. The van der Waals surface area contributed by atoms with Crippen LogP contribution in [0, 0.1) is 0 Å². The Morgan fingerprint density at radius 3 is 2.62 bits per heavy atom. The third-order valence-corrected chi connectivity index (χ3v) is 4.17. The maximum Gasteiger partial charge on any atom is 0.0298 e. The number of hydrogen-bond acceptors (Lipinski definition) is 1. The second kappa shape index (κ2) is 6.15. The Morgan fingerprint density at radius 2 is 1.81 bits per heavy atom. The topological polar surface area (TPSA) is 17.0 Å². The molecule has 0 radical (unpaired) electrons. The van der Waals surface area contributed by atoms with E-state index in [4.69, 9.17) is 0 Å². The molecule has 0 saturated heterocycles. The van der Waals surface area contributed by atoms with Crippen molar-refractivity contribution in [3.05, 3.63) is 72.1 Å². The summed E-state index contributed by atoms with van der Waals surface area (Å²) in [5.41, 5.74) is 2.74. The lowest BCUT2D eigenvalue weighted by Gasteiger charge is -2.16. The molecule has 0 aliphatic carbocycles. The minimum atomic E-state index is 0.358. The lowest BCUT2D eigenvalue weighted by Crippen LogP contribution is -2.22. The minimum absolute atomic E-state index is 0.358. The highest BCUT2D eigenvalue weighted by molar-refractivity contribution is 5.86. The SMILES string of the molecule is CC(NCCc1cccn1C)c1cccc2ccccc12. The van der Waals surface area contributed by atoms with Gasteiger partial charge in [-0.2, -0.15) is 0 Å². The molecule has 0 aliphatic rings. The summed E-state index contributed by atoms with van der Waals surface area (Å²) in [6.07, 6.45) is 3.15. The van der Waals surface area contributed by atoms with Crippen molar-refractivity contribution in [2.24, 2.45) is 7.05 Å². The second-order valence-corrected chi connectivity index (χ2v) is 5.60. The van der Waals surface area contributed by atoms with Crippen molar-refractivity contribution >= 4 is 10.8 Å². The van der Waals surface area contributed by atoms with E-state index in [9.17, 15) is 0 Å². The number of aromatic nitrogens is 1. The van der Waals surface area contributed by atoms with Crippen molar-refractivity contribution < 1.29 is 0 Å². The zero-order valence-corrected chi connectivity index (χ0v) is 12.7. The van der Waals surface area contributed by atoms with Crippen LogP contribution in [0.4, 0.5) is 0 Å². The number of nitrogens with zero attached hydrogens (tertiary/aromatic N) is 1. The molecule has 0 bridgehead atoms. The molecule has 3 rings (SSSR count). The van der Waals surface area contributed by atoms with Gasteiger partial charge in [0.25, 0.3) is 0 Å². The molecule has 1 N–H and O–H groups in total. The largest absolute Gasteiger partial charge is 0.354 e. The van der Waals surface area contributed by atoms with E-state index in [0.717, 1.165) is 13.0 Å². The molecule has 1 atom stereocenters. The summed E-state index contributed by atoms with van der Waals surface area (Å²) in [4.78, 5) is 0. The van der Waals surface area contributed by atoms with Gasteiger partial charge in [-0.15, -0.1) is 0 Å². The van der Waals surface area contributed by atoms with Crippen LogP contribution in [-0.4, -0.2) is 11.1 Å². The fourth-order valence-corrected chi connectivity index (χ4v) is 2.91.